The third-order valence-corrected chi connectivity index (χ3v) is 6.59. The van der Waals surface area contributed by atoms with Crippen LogP contribution in [0.4, 0.5) is 0 Å². The Morgan fingerprint density at radius 1 is 1.32 bits per heavy atom. The summed E-state index contributed by atoms with van der Waals surface area (Å²) in [5.41, 5.74) is 0. The van der Waals surface area contributed by atoms with Crippen molar-refractivity contribution in [1.82, 2.24) is 0 Å². The monoisotopic (exact) mass is 432 g/mol. The van der Waals surface area contributed by atoms with E-state index in [1.54, 1.807) is 36.0 Å². The predicted molar refractivity (Wildman–Crippen MR) is 110 cm³/mol. The molecule has 6 nitrogen and oxygen atoms in total. The van der Waals surface area contributed by atoms with Gasteiger partial charge >= 0.3 is 5.97 Å². The molecule has 158 valence electrons. The average Bonchev–Trinajstić information content (AvgIpc) is 3.01. The normalized spacial score (nSPS) is 22.9. The molecule has 1 fully saturated rings. The number of ether oxygens (including phenoxy) is 2. The van der Waals surface area contributed by atoms with Gasteiger partial charge in [0.25, 0.3) is 0 Å². The molecule has 1 aromatic carbocycles. The number of aliphatic hydroxyl groups is 2. The van der Waals surface area contributed by atoms with E-state index in [9.17, 15) is 15.0 Å². The lowest BCUT2D eigenvalue weighted by atomic mass is 9.98. The van der Waals surface area contributed by atoms with Crippen LogP contribution in [0.5, 0.6) is 5.75 Å². The van der Waals surface area contributed by atoms with Crippen LogP contribution >= 0.6 is 23.4 Å². The Bertz CT molecular complexity index is 602. The Balaban J connectivity index is 1.64. The second-order valence-corrected chi connectivity index (χ2v) is 8.75. The zero-order valence-electron chi connectivity index (χ0n) is 15.8. The Morgan fingerprint density at radius 2 is 2.14 bits per heavy atom. The second kappa shape index (κ2) is 12.5. The lowest BCUT2D eigenvalue weighted by molar-refractivity contribution is -0.142. The van der Waals surface area contributed by atoms with Crippen LogP contribution in [0.2, 0.25) is 5.02 Å². The Kier molecular flexibility index (Phi) is 10.4. The third-order valence-electron chi connectivity index (χ3n) is 4.76. The smallest absolute Gasteiger partial charge is 0.329 e. The maximum atomic E-state index is 10.4. The first-order chi connectivity index (χ1) is 13.5. The molecule has 28 heavy (non-hydrogen) atoms. The summed E-state index contributed by atoms with van der Waals surface area (Å²) in [5, 5.41) is 29.9. The Morgan fingerprint density at radius 3 is 2.89 bits per heavy atom. The van der Waals surface area contributed by atoms with E-state index in [1.165, 1.54) is 0 Å². The van der Waals surface area contributed by atoms with Crippen molar-refractivity contribution in [3.8, 4) is 5.75 Å². The fourth-order valence-electron chi connectivity index (χ4n) is 3.37. The highest BCUT2D eigenvalue weighted by molar-refractivity contribution is 7.99. The maximum Gasteiger partial charge on any atom is 0.329 e. The van der Waals surface area contributed by atoms with Crippen LogP contribution < -0.4 is 4.74 Å². The Hall–Kier alpha value is -0.990. The number of carboxylic acid groups (broad SMARTS) is 1. The molecule has 1 saturated carbocycles. The van der Waals surface area contributed by atoms with Crippen LogP contribution in [-0.4, -0.2) is 64.3 Å². The molecule has 0 aromatic heterocycles. The van der Waals surface area contributed by atoms with Crippen LogP contribution in [0.15, 0.2) is 24.3 Å². The number of halogens is 1. The molecule has 0 bridgehead atoms. The summed E-state index contributed by atoms with van der Waals surface area (Å²) in [7, 11) is 0. The van der Waals surface area contributed by atoms with Gasteiger partial charge in [0.1, 0.15) is 19.0 Å². The van der Waals surface area contributed by atoms with Gasteiger partial charge in [0.15, 0.2) is 0 Å². The molecule has 1 aliphatic carbocycles. The topological polar surface area (TPSA) is 96.2 Å². The van der Waals surface area contributed by atoms with Crippen LogP contribution in [-0.2, 0) is 9.53 Å². The molecule has 0 saturated heterocycles. The minimum atomic E-state index is -0.958. The lowest BCUT2D eigenvalue weighted by Gasteiger charge is -2.23. The number of hydrogen-bond acceptors (Lipinski definition) is 6. The molecule has 0 aliphatic heterocycles. The van der Waals surface area contributed by atoms with E-state index >= 15 is 0 Å². The van der Waals surface area contributed by atoms with Crippen molar-refractivity contribution in [3.63, 3.8) is 0 Å². The van der Waals surface area contributed by atoms with Gasteiger partial charge in [-0.1, -0.05) is 24.1 Å². The summed E-state index contributed by atoms with van der Waals surface area (Å²) >= 11 is 7.61. The summed E-state index contributed by atoms with van der Waals surface area (Å²) in [4.78, 5) is 10.4. The van der Waals surface area contributed by atoms with Gasteiger partial charge in [-0.25, -0.2) is 4.79 Å². The van der Waals surface area contributed by atoms with Crippen molar-refractivity contribution >= 4 is 29.3 Å². The highest BCUT2D eigenvalue weighted by Gasteiger charge is 2.34. The van der Waals surface area contributed by atoms with Gasteiger partial charge in [-0.15, -0.1) is 0 Å². The maximum absolute atomic E-state index is 10.4. The molecule has 4 atom stereocenters. The first-order valence-corrected chi connectivity index (χ1v) is 11.0. The van der Waals surface area contributed by atoms with Crippen LogP contribution in [0.25, 0.3) is 0 Å². The molecule has 0 heterocycles. The molecule has 0 radical (unpaired) electrons. The van der Waals surface area contributed by atoms with E-state index < -0.39 is 12.1 Å². The molecule has 2 rings (SSSR count). The van der Waals surface area contributed by atoms with Crippen molar-refractivity contribution in [2.75, 3.05) is 25.6 Å². The number of thioether (sulfide) groups is 1. The minimum Gasteiger partial charge on any atom is -0.491 e. The number of aliphatic carboxylic acids is 1. The number of carboxylic acids is 1. The van der Waals surface area contributed by atoms with Crippen molar-refractivity contribution in [2.45, 2.75) is 49.6 Å². The van der Waals surface area contributed by atoms with Gasteiger partial charge in [-0.2, -0.15) is 11.8 Å². The molecule has 1 aliphatic rings. The van der Waals surface area contributed by atoms with Crippen LogP contribution in [0.3, 0.4) is 0 Å². The van der Waals surface area contributed by atoms with Gasteiger partial charge in [0.2, 0.25) is 0 Å². The molecule has 1 aromatic rings. The molecule has 8 heteroatoms. The van der Waals surface area contributed by atoms with Crippen molar-refractivity contribution < 1.29 is 29.6 Å². The zero-order valence-corrected chi connectivity index (χ0v) is 17.4. The number of benzene rings is 1. The zero-order chi connectivity index (χ0) is 20.4. The fourth-order valence-corrected chi connectivity index (χ4v) is 4.99. The van der Waals surface area contributed by atoms with Crippen LogP contribution in [0.1, 0.15) is 32.1 Å². The van der Waals surface area contributed by atoms with E-state index in [2.05, 4.69) is 0 Å². The van der Waals surface area contributed by atoms with Gasteiger partial charge < -0.3 is 24.8 Å². The lowest BCUT2D eigenvalue weighted by Crippen LogP contribution is -2.25. The predicted octanol–water partition coefficient (Wildman–Crippen LogP) is 3.22. The second-order valence-electron chi connectivity index (χ2n) is 7.04. The van der Waals surface area contributed by atoms with Crippen molar-refractivity contribution in [3.05, 3.63) is 29.3 Å². The van der Waals surface area contributed by atoms with Gasteiger partial charge in [0, 0.05) is 22.6 Å². The average molecular weight is 433 g/mol. The van der Waals surface area contributed by atoms with E-state index in [1.807, 2.05) is 0 Å². The molecular weight excluding hydrogens is 404 g/mol. The molecule has 0 spiro atoms. The highest BCUT2D eigenvalue weighted by atomic mass is 35.5. The fraction of sp³-hybridized carbons (Fsp3) is 0.650. The van der Waals surface area contributed by atoms with Crippen molar-refractivity contribution in [2.24, 2.45) is 5.92 Å². The van der Waals surface area contributed by atoms with Gasteiger partial charge in [0.05, 0.1) is 12.2 Å². The third kappa shape index (κ3) is 8.57. The summed E-state index contributed by atoms with van der Waals surface area (Å²) in [5.74, 6) is 0.429. The summed E-state index contributed by atoms with van der Waals surface area (Å²) in [6.07, 6.45) is 3.37. The van der Waals surface area contributed by atoms with Gasteiger partial charge in [-0.3, -0.25) is 0 Å². The molecule has 4 unspecified atom stereocenters. The number of carbonyl (C=O) groups is 1. The van der Waals surface area contributed by atoms with E-state index in [0.29, 0.717) is 28.4 Å². The summed E-state index contributed by atoms with van der Waals surface area (Å²) in [6.45, 7) is 0.361. The first-order valence-electron chi connectivity index (χ1n) is 9.61. The van der Waals surface area contributed by atoms with E-state index in [-0.39, 0.29) is 25.2 Å². The van der Waals surface area contributed by atoms with E-state index in [0.717, 1.165) is 32.1 Å². The SMILES string of the molecule is O=C(O)COCCCCC1C(O)CCC1SCC(O)COc1cccc(Cl)c1. The van der Waals surface area contributed by atoms with E-state index in [4.69, 9.17) is 26.2 Å². The number of hydrogen-bond donors (Lipinski definition) is 3. The number of rotatable bonds is 13. The molecular formula is C20H29ClO6S. The van der Waals surface area contributed by atoms with Gasteiger partial charge in [-0.05, 0) is 49.8 Å². The largest absolute Gasteiger partial charge is 0.491 e. The summed E-state index contributed by atoms with van der Waals surface area (Å²) in [6, 6.07) is 7.08. The summed E-state index contributed by atoms with van der Waals surface area (Å²) < 4.78 is 10.6. The minimum absolute atomic E-state index is 0.200. The number of unbranched alkanes of at least 4 members (excludes halogenated alkanes) is 1. The standard InChI is InChI=1S/C20H29ClO6S/c21-14-4-3-5-16(10-14)27-11-15(22)13-28-19-8-7-18(23)17(19)6-1-2-9-26-12-20(24)25/h3-5,10,15,17-19,22-23H,1-2,6-9,11-13H2,(H,24,25). The Labute approximate surface area is 175 Å². The van der Waals surface area contributed by atoms with Crippen molar-refractivity contribution in [1.29, 1.82) is 0 Å². The highest BCUT2D eigenvalue weighted by Crippen LogP contribution is 2.38. The first kappa shape index (κ1) is 23.3. The molecule has 0 amide bonds. The van der Waals surface area contributed by atoms with Crippen LogP contribution in [0, 0.1) is 5.92 Å². The molecule has 3 N–H and O–H groups in total. The number of aliphatic hydroxyl groups excluding tert-OH is 2. The quantitative estimate of drug-likeness (QED) is 0.412.